The summed E-state index contributed by atoms with van der Waals surface area (Å²) >= 11 is 13.9. The van der Waals surface area contributed by atoms with Gasteiger partial charge in [-0.3, -0.25) is 9.59 Å². The monoisotopic (exact) mass is 560 g/mol. The summed E-state index contributed by atoms with van der Waals surface area (Å²) < 4.78 is 14.2. The summed E-state index contributed by atoms with van der Waals surface area (Å²) in [6.45, 7) is 2.77. The van der Waals surface area contributed by atoms with Gasteiger partial charge in [0.25, 0.3) is 0 Å². The predicted octanol–water partition coefficient (Wildman–Crippen LogP) is 6.92. The summed E-state index contributed by atoms with van der Waals surface area (Å²) in [6, 6.07) is 20.7. The van der Waals surface area contributed by atoms with Crippen LogP contribution < -0.4 is 5.32 Å². The second-order valence-corrected chi connectivity index (χ2v) is 10.5. The summed E-state index contributed by atoms with van der Waals surface area (Å²) in [5, 5.41) is 3.85. The van der Waals surface area contributed by atoms with Crippen LogP contribution in [0, 0.1) is 5.82 Å². The molecule has 0 spiro atoms. The molecule has 0 aromatic heterocycles. The molecule has 0 heterocycles. The third-order valence-electron chi connectivity index (χ3n) is 5.93. The number of benzene rings is 3. The smallest absolute Gasteiger partial charge is 0.243 e. The molecule has 8 heteroatoms. The molecule has 3 aromatic rings. The number of carbonyl (C=O) groups excluding carboxylic acids is 2. The van der Waals surface area contributed by atoms with Crippen LogP contribution in [-0.2, 0) is 28.3 Å². The Balaban J connectivity index is 1.86. The molecular weight excluding hydrogens is 530 g/mol. The topological polar surface area (TPSA) is 49.4 Å². The molecule has 2 amide bonds. The Bertz CT molecular complexity index is 1160. The quantitative estimate of drug-likeness (QED) is 0.231. The molecule has 3 aromatic carbocycles. The molecule has 196 valence electrons. The number of unbranched alkanes of at least 4 members (excludes halogenated alkanes) is 1. The van der Waals surface area contributed by atoms with Crippen molar-refractivity contribution in [1.29, 1.82) is 0 Å². The molecule has 0 radical (unpaired) electrons. The lowest BCUT2D eigenvalue weighted by atomic mass is 10.0. The summed E-state index contributed by atoms with van der Waals surface area (Å²) in [7, 11) is 0. The van der Waals surface area contributed by atoms with Crippen molar-refractivity contribution in [1.82, 2.24) is 10.2 Å². The molecule has 0 aliphatic carbocycles. The largest absolute Gasteiger partial charge is 0.354 e. The fourth-order valence-corrected chi connectivity index (χ4v) is 5.31. The van der Waals surface area contributed by atoms with Crippen LogP contribution in [0.15, 0.2) is 72.8 Å². The van der Waals surface area contributed by atoms with Gasteiger partial charge < -0.3 is 10.2 Å². The minimum absolute atomic E-state index is 0.0582. The van der Waals surface area contributed by atoms with E-state index in [0.717, 1.165) is 24.0 Å². The maximum absolute atomic E-state index is 14.2. The van der Waals surface area contributed by atoms with E-state index >= 15 is 0 Å². The zero-order valence-corrected chi connectivity index (χ0v) is 23.1. The highest BCUT2D eigenvalue weighted by molar-refractivity contribution is 7.99. The lowest BCUT2D eigenvalue weighted by Gasteiger charge is -2.32. The van der Waals surface area contributed by atoms with Gasteiger partial charge in [-0.25, -0.2) is 4.39 Å². The van der Waals surface area contributed by atoms with Crippen molar-refractivity contribution in [3.63, 3.8) is 0 Å². The molecule has 0 bridgehead atoms. The number of rotatable bonds is 13. The molecule has 0 unspecified atom stereocenters. The molecule has 0 saturated heterocycles. The van der Waals surface area contributed by atoms with Crippen molar-refractivity contribution in [3.05, 3.63) is 105 Å². The van der Waals surface area contributed by atoms with E-state index in [1.165, 1.54) is 17.8 Å². The van der Waals surface area contributed by atoms with E-state index in [-0.39, 0.29) is 29.9 Å². The first-order valence-electron chi connectivity index (χ1n) is 12.3. The molecule has 4 nitrogen and oxygen atoms in total. The molecule has 0 aliphatic heterocycles. The highest BCUT2D eigenvalue weighted by Crippen LogP contribution is 2.25. The van der Waals surface area contributed by atoms with Crippen LogP contribution in [0.5, 0.6) is 0 Å². The van der Waals surface area contributed by atoms with Crippen molar-refractivity contribution in [2.24, 2.45) is 0 Å². The third kappa shape index (κ3) is 8.77. The summed E-state index contributed by atoms with van der Waals surface area (Å²) in [4.78, 5) is 28.6. The van der Waals surface area contributed by atoms with E-state index in [1.54, 1.807) is 23.1 Å². The van der Waals surface area contributed by atoms with Crippen molar-refractivity contribution < 1.29 is 14.0 Å². The predicted molar refractivity (Wildman–Crippen MR) is 151 cm³/mol. The van der Waals surface area contributed by atoms with Crippen LogP contribution in [-0.4, -0.2) is 35.1 Å². The normalized spacial score (nSPS) is 11.7. The Morgan fingerprint density at radius 1 is 0.973 bits per heavy atom. The standard InChI is InChI=1S/C29H31Cl2FN2O2S/c1-2-3-16-33-29(36)27(17-21-10-5-4-6-11-21)34(18-22-12-7-8-13-24(22)30)28(35)20-37-19-23-25(31)14-9-15-26(23)32/h4-15,27H,2-3,16-20H2,1H3,(H,33,36)/t27-/m0/s1. The average molecular weight is 562 g/mol. The van der Waals surface area contributed by atoms with Crippen LogP contribution >= 0.6 is 35.0 Å². The van der Waals surface area contributed by atoms with Gasteiger partial charge in [-0.05, 0) is 35.7 Å². The van der Waals surface area contributed by atoms with Crippen LogP contribution in [0.2, 0.25) is 10.0 Å². The first kappa shape index (κ1) is 29.0. The molecule has 0 aliphatic rings. The van der Waals surface area contributed by atoms with Crippen LogP contribution in [0.1, 0.15) is 36.5 Å². The number of hydrogen-bond acceptors (Lipinski definition) is 3. The summed E-state index contributed by atoms with van der Waals surface area (Å²) in [6.07, 6.45) is 2.15. The van der Waals surface area contributed by atoms with Crippen molar-refractivity contribution in [3.8, 4) is 0 Å². The highest BCUT2D eigenvalue weighted by atomic mass is 35.5. The number of hydrogen-bond donors (Lipinski definition) is 1. The highest BCUT2D eigenvalue weighted by Gasteiger charge is 2.30. The number of nitrogens with one attached hydrogen (secondary N) is 1. The van der Waals surface area contributed by atoms with Crippen molar-refractivity contribution in [2.75, 3.05) is 12.3 Å². The van der Waals surface area contributed by atoms with Gasteiger partial charge in [0.1, 0.15) is 11.9 Å². The van der Waals surface area contributed by atoms with Gasteiger partial charge in [0, 0.05) is 40.9 Å². The number of halogens is 3. The van der Waals surface area contributed by atoms with E-state index < -0.39 is 11.9 Å². The Morgan fingerprint density at radius 3 is 2.38 bits per heavy atom. The van der Waals surface area contributed by atoms with Gasteiger partial charge in [0.05, 0.1) is 5.75 Å². The van der Waals surface area contributed by atoms with E-state index in [2.05, 4.69) is 12.2 Å². The van der Waals surface area contributed by atoms with Gasteiger partial charge in [0.2, 0.25) is 11.8 Å². The SMILES string of the molecule is CCCCNC(=O)[C@H](Cc1ccccc1)N(Cc1ccccc1Cl)C(=O)CSCc1c(F)cccc1Cl. The molecule has 3 rings (SSSR count). The Labute approximate surface area is 232 Å². The van der Waals surface area contributed by atoms with E-state index in [4.69, 9.17) is 23.2 Å². The summed E-state index contributed by atoms with van der Waals surface area (Å²) in [5.74, 6) is -0.548. The molecule has 37 heavy (non-hydrogen) atoms. The van der Waals surface area contributed by atoms with Gasteiger partial charge in [-0.1, -0.05) is 91.1 Å². The lowest BCUT2D eigenvalue weighted by molar-refractivity contribution is -0.139. The van der Waals surface area contributed by atoms with Gasteiger partial charge >= 0.3 is 0 Å². The molecule has 1 N–H and O–H groups in total. The zero-order valence-electron chi connectivity index (χ0n) is 20.8. The second-order valence-electron chi connectivity index (χ2n) is 8.66. The summed E-state index contributed by atoms with van der Waals surface area (Å²) in [5.41, 5.74) is 2.05. The van der Waals surface area contributed by atoms with E-state index in [0.29, 0.717) is 28.6 Å². The fourth-order valence-electron chi connectivity index (χ4n) is 3.86. The number of nitrogens with zero attached hydrogens (tertiary/aromatic N) is 1. The number of amides is 2. The van der Waals surface area contributed by atoms with Gasteiger partial charge in [0.15, 0.2) is 0 Å². The number of thioether (sulfide) groups is 1. The Morgan fingerprint density at radius 2 is 1.68 bits per heavy atom. The molecule has 0 fully saturated rings. The fraction of sp³-hybridized carbons (Fsp3) is 0.310. The van der Waals surface area contributed by atoms with E-state index in [1.807, 2.05) is 48.5 Å². The minimum Gasteiger partial charge on any atom is -0.354 e. The van der Waals surface area contributed by atoms with Gasteiger partial charge in [-0.15, -0.1) is 11.8 Å². The first-order chi connectivity index (χ1) is 17.9. The molecular formula is C29H31Cl2FN2O2S. The minimum atomic E-state index is -0.735. The Hall–Kier alpha value is -2.54. The van der Waals surface area contributed by atoms with Crippen LogP contribution in [0.25, 0.3) is 0 Å². The molecule has 1 atom stereocenters. The first-order valence-corrected chi connectivity index (χ1v) is 14.2. The zero-order chi connectivity index (χ0) is 26.6. The molecule has 0 saturated carbocycles. The van der Waals surface area contributed by atoms with E-state index in [9.17, 15) is 14.0 Å². The maximum atomic E-state index is 14.2. The second kappa shape index (κ2) is 15.0. The van der Waals surface area contributed by atoms with Crippen LogP contribution in [0.3, 0.4) is 0 Å². The maximum Gasteiger partial charge on any atom is 0.243 e. The number of carbonyl (C=O) groups is 2. The Kier molecular flexibility index (Phi) is 11.8. The average Bonchev–Trinajstić information content (AvgIpc) is 2.89. The van der Waals surface area contributed by atoms with Crippen molar-refractivity contribution in [2.45, 2.75) is 44.5 Å². The lowest BCUT2D eigenvalue weighted by Crippen LogP contribution is -2.51. The third-order valence-corrected chi connectivity index (χ3v) is 7.60. The van der Waals surface area contributed by atoms with Crippen molar-refractivity contribution >= 4 is 46.8 Å². The van der Waals surface area contributed by atoms with Gasteiger partial charge in [-0.2, -0.15) is 0 Å². The van der Waals surface area contributed by atoms with Crippen LogP contribution in [0.4, 0.5) is 4.39 Å².